The quantitative estimate of drug-likeness (QED) is 0.783. The molecule has 0 saturated carbocycles. The van der Waals surface area contributed by atoms with E-state index in [1.807, 2.05) is 24.3 Å². The lowest BCUT2D eigenvalue weighted by atomic mass is 10.1. The number of benzene rings is 2. The van der Waals surface area contributed by atoms with E-state index in [1.54, 1.807) is 11.3 Å². The normalized spacial score (nSPS) is 11.0. The van der Waals surface area contributed by atoms with Crippen molar-refractivity contribution in [1.82, 2.24) is 0 Å². The highest BCUT2D eigenvalue weighted by Gasteiger charge is 2.13. The minimum Gasteiger partial charge on any atom is -0.486 e. The molecule has 1 heterocycles. The molecule has 0 aliphatic heterocycles. The third kappa shape index (κ3) is 2.62. The molecule has 3 aromatic rings. The molecule has 1 aromatic heterocycles. The van der Waals surface area contributed by atoms with Crippen molar-refractivity contribution in [1.29, 1.82) is 0 Å². The average Bonchev–Trinajstić information content (AvgIpc) is 2.86. The van der Waals surface area contributed by atoms with Crippen LogP contribution >= 0.6 is 11.3 Å². The van der Waals surface area contributed by atoms with Crippen molar-refractivity contribution in [2.24, 2.45) is 5.73 Å². The Balaban J connectivity index is 1.93. The Kier molecular flexibility index (Phi) is 3.86. The molecule has 0 aliphatic carbocycles. The maximum absolute atomic E-state index is 13.6. The van der Waals surface area contributed by atoms with Crippen molar-refractivity contribution in [2.75, 3.05) is 0 Å². The number of halogens is 2. The smallest absolute Gasteiger partial charge is 0.200 e. The Morgan fingerprint density at radius 1 is 1.05 bits per heavy atom. The van der Waals surface area contributed by atoms with E-state index < -0.39 is 11.6 Å². The first-order chi connectivity index (χ1) is 10.2. The van der Waals surface area contributed by atoms with Crippen molar-refractivity contribution in [2.45, 2.75) is 13.2 Å². The van der Waals surface area contributed by atoms with Crippen LogP contribution in [0.25, 0.3) is 10.1 Å². The van der Waals surface area contributed by atoms with Crippen LogP contribution in [0.3, 0.4) is 0 Å². The fraction of sp³-hybridized carbons (Fsp3) is 0.125. The van der Waals surface area contributed by atoms with Crippen LogP contribution in [0.2, 0.25) is 0 Å². The summed E-state index contributed by atoms with van der Waals surface area (Å²) in [7, 11) is 0. The Morgan fingerprint density at radius 2 is 1.86 bits per heavy atom. The molecule has 21 heavy (non-hydrogen) atoms. The first-order valence-electron chi connectivity index (χ1n) is 6.47. The predicted molar refractivity (Wildman–Crippen MR) is 80.4 cm³/mol. The number of hydrogen-bond donors (Lipinski definition) is 1. The van der Waals surface area contributed by atoms with Crippen LogP contribution in [0.5, 0.6) is 5.75 Å². The largest absolute Gasteiger partial charge is 0.486 e. The Bertz CT molecular complexity index is 785. The van der Waals surface area contributed by atoms with Crippen molar-refractivity contribution in [3.05, 3.63) is 64.5 Å². The van der Waals surface area contributed by atoms with E-state index in [0.717, 1.165) is 26.6 Å². The second-order valence-electron chi connectivity index (χ2n) is 4.54. The monoisotopic (exact) mass is 305 g/mol. The van der Waals surface area contributed by atoms with Crippen LogP contribution in [0.1, 0.15) is 10.4 Å². The van der Waals surface area contributed by atoms with E-state index in [0.29, 0.717) is 6.54 Å². The van der Waals surface area contributed by atoms with Gasteiger partial charge in [0.2, 0.25) is 5.82 Å². The summed E-state index contributed by atoms with van der Waals surface area (Å²) in [6.07, 6.45) is 0. The number of nitrogens with two attached hydrogens (primary N) is 1. The molecule has 2 nitrogen and oxygen atoms in total. The van der Waals surface area contributed by atoms with Crippen LogP contribution in [0, 0.1) is 11.6 Å². The molecule has 0 radical (unpaired) electrons. The van der Waals surface area contributed by atoms with Crippen LogP contribution in [0.4, 0.5) is 8.78 Å². The number of fused-ring (bicyclic) bond motifs is 1. The van der Waals surface area contributed by atoms with Gasteiger partial charge in [0.05, 0.1) is 0 Å². The fourth-order valence-electron chi connectivity index (χ4n) is 2.22. The Morgan fingerprint density at radius 3 is 2.67 bits per heavy atom. The van der Waals surface area contributed by atoms with Crippen molar-refractivity contribution >= 4 is 21.4 Å². The van der Waals surface area contributed by atoms with Gasteiger partial charge in [0.25, 0.3) is 0 Å². The molecular weight excluding hydrogens is 292 g/mol. The second kappa shape index (κ2) is 5.79. The van der Waals surface area contributed by atoms with E-state index in [2.05, 4.69) is 0 Å². The summed E-state index contributed by atoms with van der Waals surface area (Å²) in [6, 6.07) is 11.8. The summed E-state index contributed by atoms with van der Waals surface area (Å²) in [5, 5.41) is 1.04. The SMILES string of the molecule is NCc1sc2ccccc2c1COc1cccc(F)c1F. The van der Waals surface area contributed by atoms with Crippen LogP contribution in [-0.4, -0.2) is 0 Å². The predicted octanol–water partition coefficient (Wildman–Crippen LogP) is 4.22. The molecule has 0 amide bonds. The van der Waals surface area contributed by atoms with Gasteiger partial charge in [-0.2, -0.15) is 4.39 Å². The van der Waals surface area contributed by atoms with Gasteiger partial charge in [-0.3, -0.25) is 0 Å². The van der Waals surface area contributed by atoms with Crippen molar-refractivity contribution < 1.29 is 13.5 Å². The standard InChI is InChI=1S/C16H13F2NOS/c17-12-5-3-6-13(16(12)18)20-9-11-10-4-1-2-7-14(10)21-15(11)8-19/h1-7H,8-9,19H2. The van der Waals surface area contributed by atoms with Gasteiger partial charge in [-0.15, -0.1) is 11.3 Å². The van der Waals surface area contributed by atoms with Crippen LogP contribution in [0.15, 0.2) is 42.5 Å². The minimum absolute atomic E-state index is 0.0896. The zero-order chi connectivity index (χ0) is 14.8. The number of ether oxygens (including phenoxy) is 1. The molecule has 0 fully saturated rings. The van der Waals surface area contributed by atoms with Gasteiger partial charge in [0.1, 0.15) is 6.61 Å². The van der Waals surface area contributed by atoms with Crippen LogP contribution in [-0.2, 0) is 13.2 Å². The Labute approximate surface area is 124 Å². The van der Waals surface area contributed by atoms with Crippen molar-refractivity contribution in [3.8, 4) is 5.75 Å². The zero-order valence-corrected chi connectivity index (χ0v) is 11.9. The minimum atomic E-state index is -0.966. The average molecular weight is 305 g/mol. The molecular formula is C16H13F2NOS. The first-order valence-corrected chi connectivity index (χ1v) is 7.28. The van der Waals surface area contributed by atoms with Gasteiger partial charge in [-0.25, -0.2) is 4.39 Å². The van der Waals surface area contributed by atoms with Gasteiger partial charge >= 0.3 is 0 Å². The first kappa shape index (κ1) is 14.0. The summed E-state index contributed by atoms with van der Waals surface area (Å²) in [6.45, 7) is 0.556. The summed E-state index contributed by atoms with van der Waals surface area (Å²) in [5.74, 6) is -1.97. The molecule has 0 unspecified atom stereocenters. The summed E-state index contributed by atoms with van der Waals surface area (Å²) in [4.78, 5) is 0.994. The lowest BCUT2D eigenvalue weighted by Crippen LogP contribution is -2.03. The number of hydrogen-bond acceptors (Lipinski definition) is 3. The Hall–Kier alpha value is -1.98. The lowest BCUT2D eigenvalue weighted by Gasteiger charge is -2.08. The molecule has 0 spiro atoms. The van der Waals surface area contributed by atoms with Gasteiger partial charge in [-0.1, -0.05) is 24.3 Å². The molecule has 5 heteroatoms. The second-order valence-corrected chi connectivity index (χ2v) is 5.68. The molecule has 108 valence electrons. The molecule has 0 bridgehead atoms. The van der Waals surface area contributed by atoms with Crippen molar-refractivity contribution in [3.63, 3.8) is 0 Å². The van der Waals surface area contributed by atoms with E-state index in [-0.39, 0.29) is 12.4 Å². The summed E-state index contributed by atoms with van der Waals surface area (Å²) >= 11 is 1.59. The maximum atomic E-state index is 13.6. The molecule has 3 rings (SSSR count). The van der Waals surface area contributed by atoms with E-state index in [4.69, 9.17) is 10.5 Å². The highest BCUT2D eigenvalue weighted by atomic mass is 32.1. The molecule has 0 atom stereocenters. The third-order valence-corrected chi connectivity index (χ3v) is 4.49. The fourth-order valence-corrected chi connectivity index (χ4v) is 3.31. The maximum Gasteiger partial charge on any atom is 0.200 e. The van der Waals surface area contributed by atoms with Gasteiger partial charge in [0, 0.05) is 21.7 Å². The van der Waals surface area contributed by atoms with Crippen LogP contribution < -0.4 is 10.5 Å². The molecule has 2 aromatic carbocycles. The van der Waals surface area contributed by atoms with Gasteiger partial charge in [0.15, 0.2) is 11.6 Å². The molecule has 2 N–H and O–H groups in total. The lowest BCUT2D eigenvalue weighted by molar-refractivity contribution is 0.285. The molecule has 0 saturated heterocycles. The van der Waals surface area contributed by atoms with E-state index >= 15 is 0 Å². The number of thiophene rings is 1. The third-order valence-electron chi connectivity index (χ3n) is 3.26. The summed E-state index contributed by atoms with van der Waals surface area (Å²) < 4.78 is 33.3. The van der Waals surface area contributed by atoms with E-state index in [9.17, 15) is 8.78 Å². The van der Waals surface area contributed by atoms with E-state index in [1.165, 1.54) is 12.1 Å². The van der Waals surface area contributed by atoms with Gasteiger partial charge < -0.3 is 10.5 Å². The zero-order valence-electron chi connectivity index (χ0n) is 11.1. The topological polar surface area (TPSA) is 35.2 Å². The highest BCUT2D eigenvalue weighted by Crippen LogP contribution is 2.32. The molecule has 0 aliphatic rings. The summed E-state index contributed by atoms with van der Waals surface area (Å²) in [5.41, 5.74) is 6.69. The highest BCUT2D eigenvalue weighted by molar-refractivity contribution is 7.19. The van der Waals surface area contributed by atoms with Gasteiger partial charge in [-0.05, 0) is 23.6 Å². The number of rotatable bonds is 4.